The molecule has 5 N–H and O–H groups in total. The van der Waals surface area contributed by atoms with E-state index < -0.39 is 48.6 Å². The molecule has 0 radical (unpaired) electrons. The third-order valence-corrected chi connectivity index (χ3v) is 4.13. The smallest absolute Gasteiger partial charge is 0.330 e. The standard InChI is InChI=1S/C10H15N2O8PS/c1-10(12-3-2-6(14)11-9(12)16)8(15)7(5(4-13)19-10)20-21(17,18)22/h2-3,5,7-8,13,15H,4H2,1H3,(H,11,14,16)(H2,17,18,22)/t5-,7-,8-,10-/m1/s1. The van der Waals surface area contributed by atoms with E-state index in [9.17, 15) is 29.6 Å². The summed E-state index contributed by atoms with van der Waals surface area (Å²) in [6.45, 7) is -3.43. The van der Waals surface area contributed by atoms with Crippen LogP contribution in [-0.2, 0) is 26.8 Å². The van der Waals surface area contributed by atoms with Crippen LogP contribution in [0.15, 0.2) is 21.9 Å². The van der Waals surface area contributed by atoms with Crippen molar-refractivity contribution in [3.8, 4) is 0 Å². The van der Waals surface area contributed by atoms with Gasteiger partial charge in [-0.3, -0.25) is 18.9 Å². The second kappa shape index (κ2) is 5.95. The Kier molecular flexibility index (Phi) is 4.71. The first-order chi connectivity index (χ1) is 10.1. The molecule has 124 valence electrons. The van der Waals surface area contributed by atoms with E-state index in [1.807, 2.05) is 4.98 Å². The third kappa shape index (κ3) is 3.21. The maximum absolute atomic E-state index is 11.9. The first-order valence-electron chi connectivity index (χ1n) is 6.11. The zero-order chi connectivity index (χ0) is 16.7. The first kappa shape index (κ1) is 17.4. The number of nitrogens with one attached hydrogen (secondary N) is 1. The van der Waals surface area contributed by atoms with Crippen molar-refractivity contribution < 1.29 is 29.3 Å². The van der Waals surface area contributed by atoms with Crippen LogP contribution in [0.25, 0.3) is 0 Å². The lowest BCUT2D eigenvalue weighted by molar-refractivity contribution is -0.137. The Morgan fingerprint density at radius 3 is 2.68 bits per heavy atom. The number of aliphatic hydroxyl groups is 2. The molecule has 0 unspecified atom stereocenters. The molecule has 0 aromatic carbocycles. The van der Waals surface area contributed by atoms with E-state index in [1.54, 1.807) is 0 Å². The van der Waals surface area contributed by atoms with E-state index >= 15 is 0 Å². The lowest BCUT2D eigenvalue weighted by Crippen LogP contribution is -2.49. The maximum atomic E-state index is 11.9. The average molecular weight is 354 g/mol. The summed E-state index contributed by atoms with van der Waals surface area (Å²) < 4.78 is 11.2. The SMILES string of the molecule is C[C@@]1(n2ccc(=O)[nH]c2=O)O[C@H](CO)[C@@H](OP(O)(O)=S)[C@H]1O. The Bertz CT molecular complexity index is 713. The molecule has 0 amide bonds. The highest BCUT2D eigenvalue weighted by atomic mass is 32.5. The summed E-state index contributed by atoms with van der Waals surface area (Å²) >= 11 is 4.35. The molecule has 1 saturated heterocycles. The van der Waals surface area contributed by atoms with Gasteiger partial charge >= 0.3 is 12.4 Å². The summed E-state index contributed by atoms with van der Waals surface area (Å²) in [4.78, 5) is 43.4. The van der Waals surface area contributed by atoms with Gasteiger partial charge in [0.1, 0.15) is 18.3 Å². The van der Waals surface area contributed by atoms with Gasteiger partial charge in [-0.15, -0.1) is 0 Å². The predicted molar refractivity (Wildman–Crippen MR) is 76.5 cm³/mol. The fourth-order valence-electron chi connectivity index (χ4n) is 2.34. The Balaban J connectivity index is 2.45. The van der Waals surface area contributed by atoms with Gasteiger partial charge in [-0.05, 0) is 18.7 Å². The van der Waals surface area contributed by atoms with Crippen molar-refractivity contribution in [1.82, 2.24) is 9.55 Å². The molecule has 0 saturated carbocycles. The summed E-state index contributed by atoms with van der Waals surface area (Å²) in [6, 6.07) is 1.05. The van der Waals surface area contributed by atoms with Crippen LogP contribution in [0.5, 0.6) is 0 Å². The minimum absolute atomic E-state index is 0.620. The highest BCUT2D eigenvalue weighted by molar-refractivity contribution is 8.06. The van der Waals surface area contributed by atoms with Crippen molar-refractivity contribution in [2.45, 2.75) is 31.0 Å². The van der Waals surface area contributed by atoms with Gasteiger partial charge < -0.3 is 24.7 Å². The molecule has 1 aromatic heterocycles. The van der Waals surface area contributed by atoms with Crippen LogP contribution in [0.4, 0.5) is 0 Å². The number of aliphatic hydroxyl groups excluding tert-OH is 2. The van der Waals surface area contributed by atoms with Gasteiger partial charge in [0.2, 0.25) is 0 Å². The van der Waals surface area contributed by atoms with Gasteiger partial charge in [0.15, 0.2) is 5.72 Å². The van der Waals surface area contributed by atoms with Gasteiger partial charge in [0.25, 0.3) is 5.56 Å². The predicted octanol–water partition coefficient (Wildman–Crippen LogP) is -2.44. The molecule has 4 atom stereocenters. The second-order valence-corrected chi connectivity index (χ2v) is 7.50. The molecule has 1 aromatic rings. The fraction of sp³-hybridized carbons (Fsp3) is 0.600. The highest BCUT2D eigenvalue weighted by Crippen LogP contribution is 2.45. The van der Waals surface area contributed by atoms with E-state index in [1.165, 1.54) is 6.92 Å². The summed E-state index contributed by atoms with van der Waals surface area (Å²) in [5.74, 6) is 0. The topological polar surface area (TPSA) is 154 Å². The zero-order valence-electron chi connectivity index (χ0n) is 11.3. The number of aromatic amines is 1. The van der Waals surface area contributed by atoms with Gasteiger partial charge in [-0.25, -0.2) is 4.79 Å². The number of rotatable bonds is 4. The second-order valence-electron chi connectivity index (χ2n) is 4.88. The molecule has 0 spiro atoms. The molecule has 12 heteroatoms. The monoisotopic (exact) mass is 354 g/mol. The number of H-pyrrole nitrogens is 1. The minimum atomic E-state index is -4.13. The summed E-state index contributed by atoms with van der Waals surface area (Å²) in [7, 11) is 0. The van der Waals surface area contributed by atoms with E-state index in [-0.39, 0.29) is 0 Å². The van der Waals surface area contributed by atoms with Crippen LogP contribution in [0.1, 0.15) is 6.92 Å². The third-order valence-electron chi connectivity index (χ3n) is 3.36. The average Bonchev–Trinajstić information content (AvgIpc) is 2.62. The Morgan fingerprint density at radius 2 is 2.18 bits per heavy atom. The quantitative estimate of drug-likeness (QED) is 0.371. The van der Waals surface area contributed by atoms with E-state index in [4.69, 9.17) is 9.26 Å². The van der Waals surface area contributed by atoms with Gasteiger partial charge in [-0.2, -0.15) is 0 Å². The molecule has 1 aliphatic heterocycles. The van der Waals surface area contributed by atoms with E-state index in [0.29, 0.717) is 0 Å². The van der Waals surface area contributed by atoms with Crippen LogP contribution in [0.2, 0.25) is 0 Å². The molecule has 1 aliphatic rings. The van der Waals surface area contributed by atoms with Crippen LogP contribution >= 0.6 is 6.72 Å². The lowest BCUT2D eigenvalue weighted by atomic mass is 10.0. The van der Waals surface area contributed by atoms with Crippen molar-refractivity contribution >= 4 is 18.5 Å². The molecule has 1 fully saturated rings. The van der Waals surface area contributed by atoms with Gasteiger partial charge in [0, 0.05) is 12.3 Å². The normalized spacial score (nSPS) is 32.3. The minimum Gasteiger partial charge on any atom is -0.394 e. The largest absolute Gasteiger partial charge is 0.394 e. The number of hydrogen-bond acceptors (Lipinski definition) is 7. The molecular weight excluding hydrogens is 339 g/mol. The molecule has 2 rings (SSSR count). The van der Waals surface area contributed by atoms with Crippen molar-refractivity contribution in [1.29, 1.82) is 0 Å². The molecule has 22 heavy (non-hydrogen) atoms. The molecular formula is C10H15N2O8PS. The fourth-order valence-corrected chi connectivity index (χ4v) is 3.21. The lowest BCUT2D eigenvalue weighted by Gasteiger charge is -2.30. The van der Waals surface area contributed by atoms with Crippen molar-refractivity contribution in [2.24, 2.45) is 0 Å². The summed E-state index contributed by atoms with van der Waals surface area (Å²) in [6.07, 6.45) is -2.97. The first-order valence-corrected chi connectivity index (χ1v) is 8.74. The van der Waals surface area contributed by atoms with Crippen molar-refractivity contribution in [2.75, 3.05) is 6.61 Å². The number of nitrogens with zero attached hydrogens (tertiary/aromatic N) is 1. The Labute approximate surface area is 128 Å². The number of aromatic nitrogens is 2. The van der Waals surface area contributed by atoms with E-state index in [2.05, 4.69) is 11.8 Å². The zero-order valence-corrected chi connectivity index (χ0v) is 13.0. The number of ether oxygens (including phenoxy) is 1. The Morgan fingerprint density at radius 1 is 1.55 bits per heavy atom. The van der Waals surface area contributed by atoms with Gasteiger partial charge in [0.05, 0.1) is 6.61 Å². The Hall–Kier alpha value is -0.910. The summed E-state index contributed by atoms with van der Waals surface area (Å²) in [5, 5.41) is 19.7. The van der Waals surface area contributed by atoms with Gasteiger partial charge in [-0.1, -0.05) is 0 Å². The highest BCUT2D eigenvalue weighted by Gasteiger charge is 2.55. The molecule has 0 bridgehead atoms. The molecule has 0 aliphatic carbocycles. The van der Waals surface area contributed by atoms with Crippen molar-refractivity contribution in [3.63, 3.8) is 0 Å². The van der Waals surface area contributed by atoms with Crippen LogP contribution in [-0.4, -0.2) is 54.5 Å². The van der Waals surface area contributed by atoms with Crippen LogP contribution in [0, 0.1) is 0 Å². The van der Waals surface area contributed by atoms with Crippen molar-refractivity contribution in [3.05, 3.63) is 33.1 Å². The van der Waals surface area contributed by atoms with Crippen LogP contribution < -0.4 is 11.2 Å². The summed E-state index contributed by atoms with van der Waals surface area (Å²) in [5.41, 5.74) is -3.19. The maximum Gasteiger partial charge on any atom is 0.330 e. The van der Waals surface area contributed by atoms with Crippen LogP contribution in [0.3, 0.4) is 0 Å². The number of hydrogen-bond donors (Lipinski definition) is 5. The van der Waals surface area contributed by atoms with E-state index in [0.717, 1.165) is 16.8 Å². The molecule has 10 nitrogen and oxygen atoms in total. The molecule has 2 heterocycles.